The van der Waals surface area contributed by atoms with Gasteiger partial charge in [-0.05, 0) is 55.1 Å². The third-order valence-electron chi connectivity index (χ3n) is 4.79. The molecule has 0 saturated heterocycles. The maximum atomic E-state index is 12.4. The van der Waals surface area contributed by atoms with Gasteiger partial charge in [0.05, 0.1) is 29.2 Å². The van der Waals surface area contributed by atoms with Gasteiger partial charge in [-0.2, -0.15) is 9.67 Å². The van der Waals surface area contributed by atoms with Crippen LogP contribution in [0.3, 0.4) is 0 Å². The van der Waals surface area contributed by atoms with Crippen molar-refractivity contribution >= 4 is 23.9 Å². The fourth-order valence-electron chi connectivity index (χ4n) is 3.25. The predicted molar refractivity (Wildman–Crippen MR) is 131 cm³/mol. The molecule has 8 nitrogen and oxygen atoms in total. The molecule has 1 aromatic heterocycles. The number of rotatable bonds is 9. The fraction of sp³-hybridized carbons (Fsp3) is 0.120. The van der Waals surface area contributed by atoms with Crippen molar-refractivity contribution in [3.05, 3.63) is 84.4 Å². The van der Waals surface area contributed by atoms with Crippen LogP contribution in [0.15, 0.2) is 89.1 Å². The van der Waals surface area contributed by atoms with Gasteiger partial charge in [0.25, 0.3) is 11.7 Å². The highest BCUT2D eigenvalue weighted by atomic mass is 32.2. The van der Waals surface area contributed by atoms with E-state index in [4.69, 9.17) is 4.74 Å². The van der Waals surface area contributed by atoms with Crippen molar-refractivity contribution in [1.82, 2.24) is 15.6 Å². The van der Waals surface area contributed by atoms with Crippen LogP contribution < -0.4 is 14.7 Å². The number of ether oxygens (including phenoxy) is 1. The van der Waals surface area contributed by atoms with Crippen LogP contribution in [0.5, 0.6) is 11.5 Å². The Morgan fingerprint density at radius 3 is 2.59 bits per heavy atom. The molecule has 0 aliphatic rings. The third-order valence-corrected chi connectivity index (χ3v) is 5.73. The molecule has 0 fully saturated rings. The summed E-state index contributed by atoms with van der Waals surface area (Å²) >= 11 is 1.29. The molecule has 0 atom stereocenters. The quantitative estimate of drug-likeness (QED) is 0.149. The van der Waals surface area contributed by atoms with Gasteiger partial charge < -0.3 is 9.84 Å². The Kier molecular flexibility index (Phi) is 7.56. The first-order chi connectivity index (χ1) is 16.7. The molecule has 0 radical (unpaired) electrons. The van der Waals surface area contributed by atoms with Gasteiger partial charge in [0.15, 0.2) is 11.5 Å². The highest BCUT2D eigenvalue weighted by molar-refractivity contribution is 7.99. The first-order valence-electron chi connectivity index (χ1n) is 10.7. The fourth-order valence-corrected chi connectivity index (χ4v) is 4.01. The summed E-state index contributed by atoms with van der Waals surface area (Å²) < 4.78 is 7.34. The van der Waals surface area contributed by atoms with Gasteiger partial charge in [0, 0.05) is 5.56 Å². The first-order valence-corrected chi connectivity index (χ1v) is 11.7. The van der Waals surface area contributed by atoms with Crippen molar-refractivity contribution in [2.75, 3.05) is 12.4 Å². The van der Waals surface area contributed by atoms with E-state index in [0.29, 0.717) is 23.1 Å². The molecule has 34 heavy (non-hydrogen) atoms. The molecule has 0 aliphatic carbocycles. The number of aromatic nitrogens is 3. The molecule has 4 aromatic rings. The first kappa shape index (κ1) is 23.1. The number of hydrogen-bond donors (Lipinski definition) is 3. The van der Waals surface area contributed by atoms with E-state index < -0.39 is 0 Å². The summed E-state index contributed by atoms with van der Waals surface area (Å²) in [6, 6.07) is 24.8. The van der Waals surface area contributed by atoms with Crippen LogP contribution in [-0.4, -0.2) is 39.8 Å². The summed E-state index contributed by atoms with van der Waals surface area (Å²) in [5.74, 6) is 0.967. The molecule has 172 valence electrons. The van der Waals surface area contributed by atoms with Crippen molar-refractivity contribution in [3.63, 3.8) is 0 Å². The zero-order valence-electron chi connectivity index (χ0n) is 18.5. The molecular formula is C25H24N5O3S+. The second kappa shape index (κ2) is 11.2. The monoisotopic (exact) mass is 474 g/mol. The van der Waals surface area contributed by atoms with E-state index in [1.165, 1.54) is 18.0 Å². The number of para-hydroxylation sites is 2. The van der Waals surface area contributed by atoms with E-state index in [1.807, 2.05) is 72.2 Å². The average molecular weight is 475 g/mol. The number of benzene rings is 3. The van der Waals surface area contributed by atoms with Crippen LogP contribution >= 0.6 is 11.8 Å². The molecule has 4 rings (SSSR count). The Labute approximate surface area is 201 Å². The van der Waals surface area contributed by atoms with Crippen molar-refractivity contribution in [3.8, 4) is 28.6 Å². The zero-order valence-corrected chi connectivity index (χ0v) is 19.3. The number of hydrazone groups is 1. The predicted octanol–water partition coefficient (Wildman–Crippen LogP) is 3.70. The second-order valence-corrected chi connectivity index (χ2v) is 8.04. The summed E-state index contributed by atoms with van der Waals surface area (Å²) in [6.07, 6.45) is 1.38. The number of aromatic amines is 1. The van der Waals surface area contributed by atoms with Gasteiger partial charge in [0.1, 0.15) is 5.69 Å². The lowest BCUT2D eigenvalue weighted by Gasteiger charge is -2.07. The van der Waals surface area contributed by atoms with Gasteiger partial charge >= 0.3 is 5.16 Å². The highest BCUT2D eigenvalue weighted by Gasteiger charge is 2.24. The van der Waals surface area contributed by atoms with E-state index >= 15 is 0 Å². The Bertz CT molecular complexity index is 1280. The lowest BCUT2D eigenvalue weighted by Crippen LogP contribution is -2.34. The molecule has 0 unspecified atom stereocenters. The van der Waals surface area contributed by atoms with Crippen molar-refractivity contribution in [2.45, 2.75) is 12.1 Å². The number of carbonyl (C=O) groups excluding carboxylic acids is 1. The van der Waals surface area contributed by atoms with E-state index in [-0.39, 0.29) is 17.4 Å². The van der Waals surface area contributed by atoms with Crippen LogP contribution in [0, 0.1) is 0 Å². The van der Waals surface area contributed by atoms with Crippen LogP contribution in [0.1, 0.15) is 12.5 Å². The van der Waals surface area contributed by atoms with E-state index in [9.17, 15) is 9.90 Å². The Morgan fingerprint density at radius 1 is 1.12 bits per heavy atom. The number of carbonyl (C=O) groups is 1. The van der Waals surface area contributed by atoms with E-state index in [0.717, 1.165) is 17.1 Å². The van der Waals surface area contributed by atoms with Crippen LogP contribution in [-0.2, 0) is 4.79 Å². The molecule has 3 aromatic carbocycles. The maximum Gasteiger partial charge on any atom is 0.342 e. The molecule has 0 aliphatic heterocycles. The Morgan fingerprint density at radius 2 is 1.85 bits per heavy atom. The van der Waals surface area contributed by atoms with Crippen LogP contribution in [0.4, 0.5) is 0 Å². The molecule has 0 saturated carbocycles. The van der Waals surface area contributed by atoms with Crippen LogP contribution in [0.25, 0.3) is 17.1 Å². The lowest BCUT2D eigenvalue weighted by molar-refractivity contribution is -0.625. The number of phenols is 1. The Balaban J connectivity index is 1.46. The standard InChI is InChI=1S/C25H23N5O3S/c1-2-33-21-15-9-12-19(23(21)32)16-26-27-22(31)17-34-25-29-28-24(18-10-5-3-6-11-18)30(25)20-13-7-4-8-14-20/h3-16H,2,17H2,1H3,(H2,26,27,31,32)/p+1. The minimum Gasteiger partial charge on any atom is -0.504 e. The SMILES string of the molecule is CCOc1cccc(C=NNC(=O)CSc2n[nH]c(-c3ccccc3)[n+]2-c2ccccc2)c1O. The van der Waals surface area contributed by atoms with Gasteiger partial charge in [-0.15, -0.1) is 5.10 Å². The number of nitrogens with zero attached hydrogens (tertiary/aromatic N) is 3. The van der Waals surface area contributed by atoms with Gasteiger partial charge in [-0.3, -0.25) is 4.79 Å². The Hall–Kier alpha value is -4.11. The summed E-state index contributed by atoms with van der Waals surface area (Å²) in [7, 11) is 0. The number of thioether (sulfide) groups is 1. The molecular weight excluding hydrogens is 450 g/mol. The van der Waals surface area contributed by atoms with E-state index in [1.54, 1.807) is 18.2 Å². The normalized spacial score (nSPS) is 11.0. The van der Waals surface area contributed by atoms with Crippen LogP contribution in [0.2, 0.25) is 0 Å². The molecule has 9 heteroatoms. The molecule has 1 amide bonds. The maximum absolute atomic E-state index is 12.4. The third kappa shape index (κ3) is 5.44. The van der Waals surface area contributed by atoms with Crippen molar-refractivity contribution in [2.24, 2.45) is 5.10 Å². The number of nitrogens with one attached hydrogen (secondary N) is 2. The summed E-state index contributed by atoms with van der Waals surface area (Å²) in [4.78, 5) is 12.4. The highest BCUT2D eigenvalue weighted by Crippen LogP contribution is 2.28. The van der Waals surface area contributed by atoms with Crippen molar-refractivity contribution in [1.29, 1.82) is 0 Å². The van der Waals surface area contributed by atoms with Gasteiger partial charge in [-0.1, -0.05) is 42.5 Å². The van der Waals surface area contributed by atoms with Crippen molar-refractivity contribution < 1.29 is 19.2 Å². The number of phenolic OH excluding ortho intramolecular Hbond substituents is 1. The summed E-state index contributed by atoms with van der Waals surface area (Å²) in [6.45, 7) is 2.27. The number of H-pyrrole nitrogens is 1. The smallest absolute Gasteiger partial charge is 0.342 e. The number of amides is 1. The largest absolute Gasteiger partial charge is 0.504 e. The summed E-state index contributed by atoms with van der Waals surface area (Å²) in [5.41, 5.74) is 4.84. The second-order valence-electron chi connectivity index (χ2n) is 7.10. The molecule has 0 bridgehead atoms. The molecule has 0 spiro atoms. The van der Waals surface area contributed by atoms with Gasteiger partial charge in [0.2, 0.25) is 0 Å². The molecule has 1 heterocycles. The minimum absolute atomic E-state index is 0.0226. The van der Waals surface area contributed by atoms with Gasteiger partial charge in [-0.25, -0.2) is 5.43 Å². The average Bonchev–Trinajstić information content (AvgIpc) is 3.30. The minimum atomic E-state index is -0.300. The van der Waals surface area contributed by atoms with E-state index in [2.05, 4.69) is 20.7 Å². The topological polar surface area (TPSA) is 103 Å². The number of aromatic hydroxyl groups is 1. The molecule has 3 N–H and O–H groups in total. The zero-order chi connectivity index (χ0) is 23.8. The lowest BCUT2D eigenvalue weighted by atomic mass is 10.2. The number of hydrogen-bond acceptors (Lipinski definition) is 6. The summed E-state index contributed by atoms with van der Waals surface area (Å²) in [5, 5.41) is 22.4.